The minimum Gasteiger partial charge on any atom is -0.462 e. The number of hydrogen-bond acceptors (Lipinski definition) is 7. The molecule has 2 rings (SSSR count). The minimum absolute atomic E-state index is 0.0914. The van der Waals surface area contributed by atoms with Gasteiger partial charge in [0.1, 0.15) is 24.1 Å². The summed E-state index contributed by atoms with van der Waals surface area (Å²) in [6.07, 6.45) is -5.89. The summed E-state index contributed by atoms with van der Waals surface area (Å²) in [7, 11) is 0. The van der Waals surface area contributed by atoms with E-state index in [-0.39, 0.29) is 11.4 Å². The van der Waals surface area contributed by atoms with Gasteiger partial charge in [0, 0.05) is 12.1 Å². The molecule has 1 aromatic rings. The highest BCUT2D eigenvalue weighted by Gasteiger charge is 2.43. The Balaban J connectivity index is 2.07. The number of nitrogens with zero attached hydrogens (tertiary/aromatic N) is 1. The molecule has 8 nitrogen and oxygen atoms in total. The summed E-state index contributed by atoms with van der Waals surface area (Å²) in [5.41, 5.74) is -0.0914. The van der Waals surface area contributed by atoms with E-state index in [1.807, 2.05) is 0 Å². The molecule has 0 radical (unpaired) electrons. The van der Waals surface area contributed by atoms with Gasteiger partial charge in [0.05, 0.1) is 11.0 Å². The Bertz CT molecular complexity index is 477. The monoisotopic (exact) mass is 285 g/mol. The van der Waals surface area contributed by atoms with Crippen molar-refractivity contribution in [2.75, 3.05) is 0 Å². The van der Waals surface area contributed by atoms with E-state index in [0.29, 0.717) is 0 Å². The van der Waals surface area contributed by atoms with Gasteiger partial charge in [-0.05, 0) is 19.1 Å². The largest absolute Gasteiger partial charge is 0.462 e. The van der Waals surface area contributed by atoms with Gasteiger partial charge in [-0.25, -0.2) is 0 Å². The number of nitro groups is 1. The molecule has 0 bridgehead atoms. The Hall–Kier alpha value is -1.74. The third-order valence-corrected chi connectivity index (χ3v) is 3.11. The smallest absolute Gasteiger partial charge is 0.269 e. The number of aliphatic hydroxyl groups is 3. The van der Waals surface area contributed by atoms with Crippen LogP contribution in [0.4, 0.5) is 5.69 Å². The molecule has 0 unspecified atom stereocenters. The van der Waals surface area contributed by atoms with Crippen LogP contribution in [0.25, 0.3) is 0 Å². The van der Waals surface area contributed by atoms with Crippen LogP contribution in [0.15, 0.2) is 24.3 Å². The molecule has 0 spiro atoms. The molecule has 8 heteroatoms. The molecule has 110 valence electrons. The van der Waals surface area contributed by atoms with Crippen LogP contribution in [-0.2, 0) is 4.74 Å². The highest BCUT2D eigenvalue weighted by molar-refractivity contribution is 5.36. The lowest BCUT2D eigenvalue weighted by atomic mass is 10.00. The van der Waals surface area contributed by atoms with Gasteiger partial charge in [0.15, 0.2) is 0 Å². The normalized spacial score (nSPS) is 33.7. The van der Waals surface area contributed by atoms with E-state index in [4.69, 9.17) is 9.47 Å². The molecule has 5 atom stereocenters. The number of hydrogen-bond donors (Lipinski definition) is 3. The number of aliphatic hydroxyl groups excluding tert-OH is 3. The summed E-state index contributed by atoms with van der Waals surface area (Å²) >= 11 is 0. The zero-order valence-electron chi connectivity index (χ0n) is 10.6. The Morgan fingerprint density at radius 3 is 2.30 bits per heavy atom. The van der Waals surface area contributed by atoms with Crippen LogP contribution in [0.2, 0.25) is 0 Å². The zero-order chi connectivity index (χ0) is 14.9. The summed E-state index contributed by atoms with van der Waals surface area (Å²) in [6.45, 7) is 1.53. The topological polar surface area (TPSA) is 122 Å². The first-order chi connectivity index (χ1) is 9.40. The van der Waals surface area contributed by atoms with Gasteiger partial charge in [-0.15, -0.1) is 0 Å². The lowest BCUT2D eigenvalue weighted by Crippen LogP contribution is -2.58. The molecule has 1 fully saturated rings. The minimum atomic E-state index is -1.42. The molecule has 1 aliphatic heterocycles. The van der Waals surface area contributed by atoms with Gasteiger partial charge < -0.3 is 24.8 Å². The van der Waals surface area contributed by atoms with E-state index in [0.717, 1.165) is 0 Å². The third-order valence-electron chi connectivity index (χ3n) is 3.11. The van der Waals surface area contributed by atoms with Crippen LogP contribution in [0, 0.1) is 10.1 Å². The molecular formula is C12H15NO7. The molecule has 3 N–H and O–H groups in total. The molecule has 1 saturated heterocycles. The summed E-state index contributed by atoms with van der Waals surface area (Å²) < 4.78 is 10.6. The van der Waals surface area contributed by atoms with Crippen molar-refractivity contribution in [3.05, 3.63) is 34.4 Å². The van der Waals surface area contributed by atoms with E-state index < -0.39 is 35.6 Å². The summed E-state index contributed by atoms with van der Waals surface area (Å²) in [4.78, 5) is 9.97. The van der Waals surface area contributed by atoms with Crippen LogP contribution in [-0.4, -0.2) is 50.9 Å². The van der Waals surface area contributed by atoms with Gasteiger partial charge in [0.2, 0.25) is 6.29 Å². The highest BCUT2D eigenvalue weighted by atomic mass is 16.7. The first-order valence-corrected chi connectivity index (χ1v) is 6.01. The average molecular weight is 285 g/mol. The fourth-order valence-corrected chi connectivity index (χ4v) is 1.89. The van der Waals surface area contributed by atoms with Crippen LogP contribution in [0.1, 0.15) is 6.92 Å². The highest BCUT2D eigenvalue weighted by Crippen LogP contribution is 2.25. The second kappa shape index (κ2) is 5.71. The molecule has 0 saturated carbocycles. The van der Waals surface area contributed by atoms with E-state index in [1.54, 1.807) is 0 Å². The molecular weight excluding hydrogens is 270 g/mol. The summed E-state index contributed by atoms with van der Waals surface area (Å²) in [5, 5.41) is 39.4. The number of rotatable bonds is 3. The molecule has 0 aromatic heterocycles. The van der Waals surface area contributed by atoms with E-state index in [2.05, 4.69) is 0 Å². The Kier molecular flexibility index (Phi) is 4.19. The van der Waals surface area contributed by atoms with Gasteiger partial charge in [-0.3, -0.25) is 10.1 Å². The quantitative estimate of drug-likeness (QED) is 0.519. The SMILES string of the molecule is C[C@@H]1O[C@@H](Oc2ccc([N+](=O)[O-])cc2)[C@@H](O)[C@@H](O)[C@H]1O. The second-order valence-electron chi connectivity index (χ2n) is 4.55. The van der Waals surface area contributed by atoms with Crippen molar-refractivity contribution in [2.24, 2.45) is 0 Å². The molecule has 1 aromatic carbocycles. The molecule has 1 heterocycles. The van der Waals surface area contributed by atoms with E-state index >= 15 is 0 Å². The maximum Gasteiger partial charge on any atom is 0.269 e. The van der Waals surface area contributed by atoms with Crippen molar-refractivity contribution in [1.29, 1.82) is 0 Å². The van der Waals surface area contributed by atoms with Gasteiger partial charge in [-0.2, -0.15) is 0 Å². The Labute approximate surface area is 114 Å². The first kappa shape index (κ1) is 14.7. The van der Waals surface area contributed by atoms with Crippen molar-refractivity contribution < 1.29 is 29.7 Å². The lowest BCUT2D eigenvalue weighted by Gasteiger charge is -2.38. The molecule has 0 aliphatic carbocycles. The maximum atomic E-state index is 10.5. The molecule has 1 aliphatic rings. The van der Waals surface area contributed by atoms with Crippen molar-refractivity contribution >= 4 is 5.69 Å². The Morgan fingerprint density at radius 2 is 1.75 bits per heavy atom. The van der Waals surface area contributed by atoms with Crippen LogP contribution < -0.4 is 4.74 Å². The predicted octanol–water partition coefficient (Wildman–Crippen LogP) is -0.199. The van der Waals surface area contributed by atoms with E-state index in [1.165, 1.54) is 31.2 Å². The van der Waals surface area contributed by atoms with Crippen LogP contribution in [0.3, 0.4) is 0 Å². The van der Waals surface area contributed by atoms with Crippen LogP contribution >= 0.6 is 0 Å². The second-order valence-corrected chi connectivity index (χ2v) is 4.55. The molecule has 0 amide bonds. The fraction of sp³-hybridized carbons (Fsp3) is 0.500. The maximum absolute atomic E-state index is 10.5. The van der Waals surface area contributed by atoms with Crippen molar-refractivity contribution in [3.63, 3.8) is 0 Å². The zero-order valence-corrected chi connectivity index (χ0v) is 10.6. The standard InChI is InChI=1S/C12H15NO7/c1-6-9(14)10(15)11(16)12(19-6)20-8-4-2-7(3-5-8)13(17)18/h2-6,9-12,14-16H,1H3/t6-,9-,10-,11-,12-/m0/s1. The van der Waals surface area contributed by atoms with Crippen molar-refractivity contribution in [3.8, 4) is 5.75 Å². The molecule has 20 heavy (non-hydrogen) atoms. The summed E-state index contributed by atoms with van der Waals surface area (Å²) in [6, 6.07) is 5.21. The van der Waals surface area contributed by atoms with Crippen molar-refractivity contribution in [2.45, 2.75) is 37.6 Å². The fourth-order valence-electron chi connectivity index (χ4n) is 1.89. The van der Waals surface area contributed by atoms with Gasteiger partial charge in [0.25, 0.3) is 5.69 Å². The lowest BCUT2D eigenvalue weighted by molar-refractivity contribution is -0.384. The van der Waals surface area contributed by atoms with Gasteiger partial charge in [-0.1, -0.05) is 0 Å². The summed E-state index contributed by atoms with van der Waals surface area (Å²) in [5.74, 6) is 0.246. The first-order valence-electron chi connectivity index (χ1n) is 6.01. The van der Waals surface area contributed by atoms with Crippen molar-refractivity contribution in [1.82, 2.24) is 0 Å². The number of nitro benzene ring substituents is 1. The Morgan fingerprint density at radius 1 is 1.15 bits per heavy atom. The van der Waals surface area contributed by atoms with E-state index in [9.17, 15) is 25.4 Å². The number of non-ortho nitro benzene ring substituents is 1. The predicted molar refractivity (Wildman–Crippen MR) is 66.1 cm³/mol. The van der Waals surface area contributed by atoms with Crippen LogP contribution in [0.5, 0.6) is 5.75 Å². The number of benzene rings is 1. The van der Waals surface area contributed by atoms with Gasteiger partial charge >= 0.3 is 0 Å². The third kappa shape index (κ3) is 2.88. The number of ether oxygens (including phenoxy) is 2. The average Bonchev–Trinajstić information content (AvgIpc) is 2.43.